The molecule has 1 aliphatic carbocycles. The maximum atomic E-state index is 13.8. The van der Waals surface area contributed by atoms with E-state index in [4.69, 9.17) is 0 Å². The number of carbonyl (C=O) groups excluding carboxylic acids is 1. The number of carbonyl (C=O) groups is 1. The number of rotatable bonds is 1. The lowest BCUT2D eigenvalue weighted by Gasteiger charge is -2.16. The maximum absolute atomic E-state index is 13.8. The van der Waals surface area contributed by atoms with Gasteiger partial charge in [0, 0.05) is 29.9 Å². The van der Waals surface area contributed by atoms with E-state index in [9.17, 15) is 22.4 Å². The van der Waals surface area contributed by atoms with Gasteiger partial charge in [-0.25, -0.2) is 17.6 Å². The Hall–Kier alpha value is -2.11. The highest BCUT2D eigenvalue weighted by Gasteiger charge is 2.26. The monoisotopic (exact) mass is 283 g/mol. The molecule has 104 valence electrons. The van der Waals surface area contributed by atoms with Crippen LogP contribution in [0.25, 0.3) is 5.69 Å². The normalized spacial score (nSPS) is 14.5. The molecule has 0 amide bonds. The first-order chi connectivity index (χ1) is 9.50. The van der Waals surface area contributed by atoms with Crippen LogP contribution in [0.3, 0.4) is 0 Å². The molecule has 1 heterocycles. The lowest BCUT2D eigenvalue weighted by molar-refractivity contribution is 0.0972. The quantitative estimate of drug-likeness (QED) is 0.579. The summed E-state index contributed by atoms with van der Waals surface area (Å²) in [6, 6.07) is 1.58. The molecule has 0 radical (unpaired) electrons. The van der Waals surface area contributed by atoms with Crippen molar-refractivity contribution in [3.8, 4) is 5.69 Å². The molecular weight excluding hydrogens is 274 g/mol. The van der Waals surface area contributed by atoms with Crippen molar-refractivity contribution in [2.45, 2.75) is 19.3 Å². The van der Waals surface area contributed by atoms with Crippen LogP contribution in [0.5, 0.6) is 0 Å². The average molecular weight is 283 g/mol. The third kappa shape index (κ3) is 1.75. The van der Waals surface area contributed by atoms with E-state index in [0.29, 0.717) is 30.5 Å². The molecule has 0 fully saturated rings. The zero-order chi connectivity index (χ0) is 14.4. The molecule has 3 rings (SSSR count). The number of aromatic nitrogens is 1. The van der Waals surface area contributed by atoms with Crippen molar-refractivity contribution >= 4 is 5.78 Å². The highest BCUT2D eigenvalue weighted by Crippen LogP contribution is 2.29. The van der Waals surface area contributed by atoms with Crippen LogP contribution >= 0.6 is 0 Å². The largest absolute Gasteiger partial charge is 0.315 e. The van der Waals surface area contributed by atoms with Crippen LogP contribution in [0, 0.1) is 23.3 Å². The van der Waals surface area contributed by atoms with Crippen molar-refractivity contribution in [1.82, 2.24) is 4.57 Å². The molecule has 20 heavy (non-hydrogen) atoms. The number of benzene rings is 1. The number of hydrogen-bond acceptors (Lipinski definition) is 1. The molecule has 0 bridgehead atoms. The van der Waals surface area contributed by atoms with E-state index < -0.39 is 29.0 Å². The number of ketones is 1. The zero-order valence-corrected chi connectivity index (χ0v) is 10.2. The van der Waals surface area contributed by atoms with Crippen LogP contribution in [0.2, 0.25) is 0 Å². The Morgan fingerprint density at radius 2 is 1.65 bits per heavy atom. The summed E-state index contributed by atoms with van der Waals surface area (Å²) in [6.45, 7) is 0. The topological polar surface area (TPSA) is 22.0 Å². The van der Waals surface area contributed by atoms with Crippen LogP contribution in [-0.2, 0) is 6.42 Å². The van der Waals surface area contributed by atoms with Crippen LogP contribution < -0.4 is 0 Å². The molecule has 2 nitrogen and oxygen atoms in total. The van der Waals surface area contributed by atoms with Gasteiger partial charge in [-0.3, -0.25) is 4.79 Å². The van der Waals surface area contributed by atoms with E-state index in [1.54, 1.807) is 0 Å². The maximum Gasteiger partial charge on any atom is 0.185 e. The molecule has 1 aliphatic rings. The lowest BCUT2D eigenvalue weighted by atomic mass is 9.96. The van der Waals surface area contributed by atoms with Crippen LogP contribution in [0.4, 0.5) is 17.6 Å². The predicted octanol–water partition coefficient (Wildman–Crippen LogP) is 3.55. The summed E-state index contributed by atoms with van der Waals surface area (Å²) < 4.78 is 55.1. The predicted molar refractivity (Wildman–Crippen MR) is 62.9 cm³/mol. The second-order valence-corrected chi connectivity index (χ2v) is 4.64. The summed E-state index contributed by atoms with van der Waals surface area (Å²) >= 11 is 0. The third-order valence-electron chi connectivity index (χ3n) is 3.44. The number of hydrogen-bond donors (Lipinski definition) is 0. The Morgan fingerprint density at radius 1 is 1.00 bits per heavy atom. The standard InChI is InChI=1S/C14H9F4NO/c15-8-6-9(16)13(18)14(12(8)17)19-5-4-7-10(19)2-1-3-11(7)20/h4-6H,1-3H2. The molecule has 0 saturated heterocycles. The summed E-state index contributed by atoms with van der Waals surface area (Å²) in [5.74, 6) is -6.02. The molecule has 6 heteroatoms. The van der Waals surface area contributed by atoms with Crippen molar-refractivity contribution in [3.63, 3.8) is 0 Å². The van der Waals surface area contributed by atoms with Gasteiger partial charge in [-0.05, 0) is 18.9 Å². The summed E-state index contributed by atoms with van der Waals surface area (Å²) in [6.07, 6.45) is 2.58. The Labute approximate surface area is 111 Å². The first kappa shape index (κ1) is 12.9. The van der Waals surface area contributed by atoms with Gasteiger partial charge in [0.25, 0.3) is 0 Å². The fraction of sp³-hybridized carbons (Fsp3) is 0.214. The Bertz CT molecular complexity index is 694. The molecular formula is C14H9F4NO. The summed E-state index contributed by atoms with van der Waals surface area (Å²) in [5.41, 5.74) is -0.0952. The fourth-order valence-corrected chi connectivity index (χ4v) is 2.51. The molecule has 0 aliphatic heterocycles. The van der Waals surface area contributed by atoms with Crippen molar-refractivity contribution in [2.24, 2.45) is 0 Å². The molecule has 0 spiro atoms. The van der Waals surface area contributed by atoms with Gasteiger partial charge in [0.1, 0.15) is 5.69 Å². The van der Waals surface area contributed by atoms with Crippen molar-refractivity contribution in [3.05, 3.63) is 52.9 Å². The number of nitrogens with zero attached hydrogens (tertiary/aromatic N) is 1. The van der Waals surface area contributed by atoms with E-state index in [2.05, 4.69) is 0 Å². The fourth-order valence-electron chi connectivity index (χ4n) is 2.51. The molecule has 0 N–H and O–H groups in total. The van der Waals surface area contributed by atoms with Gasteiger partial charge in [0.2, 0.25) is 0 Å². The van der Waals surface area contributed by atoms with E-state index in [1.165, 1.54) is 12.3 Å². The molecule has 2 aromatic rings. The number of Topliss-reactive ketones (excluding diaryl/α,β-unsaturated/α-hetero) is 1. The zero-order valence-electron chi connectivity index (χ0n) is 10.2. The number of fused-ring (bicyclic) bond motifs is 1. The molecule has 0 saturated carbocycles. The van der Waals surface area contributed by atoms with Crippen LogP contribution in [0.15, 0.2) is 18.3 Å². The summed E-state index contributed by atoms with van der Waals surface area (Å²) in [5, 5.41) is 0. The van der Waals surface area contributed by atoms with Gasteiger partial charge in [-0.1, -0.05) is 0 Å². The minimum atomic E-state index is -1.47. The lowest BCUT2D eigenvalue weighted by Crippen LogP contribution is -2.14. The highest BCUT2D eigenvalue weighted by atomic mass is 19.2. The average Bonchev–Trinajstić information content (AvgIpc) is 2.83. The highest BCUT2D eigenvalue weighted by molar-refractivity contribution is 5.98. The van der Waals surface area contributed by atoms with Gasteiger partial charge >= 0.3 is 0 Å². The number of halogens is 4. The second-order valence-electron chi connectivity index (χ2n) is 4.64. The van der Waals surface area contributed by atoms with Crippen molar-refractivity contribution < 1.29 is 22.4 Å². The van der Waals surface area contributed by atoms with E-state index in [0.717, 1.165) is 4.57 Å². The first-order valence-electron chi connectivity index (χ1n) is 6.07. The smallest absolute Gasteiger partial charge is 0.185 e. The van der Waals surface area contributed by atoms with Crippen molar-refractivity contribution in [1.29, 1.82) is 0 Å². The molecule has 0 unspecified atom stereocenters. The Morgan fingerprint density at radius 3 is 2.30 bits per heavy atom. The van der Waals surface area contributed by atoms with Gasteiger partial charge in [0.05, 0.1) is 0 Å². The van der Waals surface area contributed by atoms with Crippen molar-refractivity contribution in [2.75, 3.05) is 0 Å². The molecule has 0 atom stereocenters. The van der Waals surface area contributed by atoms with E-state index in [1.807, 2.05) is 0 Å². The second kappa shape index (κ2) is 4.47. The SMILES string of the molecule is O=C1CCCc2c1ccn2-c1c(F)c(F)cc(F)c1F. The van der Waals surface area contributed by atoms with E-state index in [-0.39, 0.29) is 11.8 Å². The van der Waals surface area contributed by atoms with Gasteiger partial charge < -0.3 is 4.57 Å². The summed E-state index contributed by atoms with van der Waals surface area (Å²) in [4.78, 5) is 11.7. The van der Waals surface area contributed by atoms with Crippen LogP contribution in [-0.4, -0.2) is 10.4 Å². The Kier molecular flexibility index (Phi) is 2.88. The van der Waals surface area contributed by atoms with Gasteiger partial charge in [-0.2, -0.15) is 0 Å². The minimum Gasteiger partial charge on any atom is -0.315 e. The van der Waals surface area contributed by atoms with Gasteiger partial charge in [0.15, 0.2) is 29.1 Å². The van der Waals surface area contributed by atoms with Crippen LogP contribution in [0.1, 0.15) is 28.9 Å². The summed E-state index contributed by atoms with van der Waals surface area (Å²) in [7, 11) is 0. The third-order valence-corrected chi connectivity index (χ3v) is 3.44. The first-order valence-corrected chi connectivity index (χ1v) is 6.07. The molecule has 1 aromatic heterocycles. The van der Waals surface area contributed by atoms with E-state index >= 15 is 0 Å². The molecule has 1 aromatic carbocycles. The van der Waals surface area contributed by atoms with Gasteiger partial charge in [-0.15, -0.1) is 0 Å². The Balaban J connectivity index is 2.28. The minimum absolute atomic E-state index is 0.136.